The first kappa shape index (κ1) is 12.4. The van der Waals surface area contributed by atoms with Crippen molar-refractivity contribution in [2.75, 3.05) is 24.3 Å². The number of benzene rings is 1. The summed E-state index contributed by atoms with van der Waals surface area (Å²) in [6.07, 6.45) is 0.120. The summed E-state index contributed by atoms with van der Waals surface area (Å²) < 4.78 is 0. The molecule has 1 unspecified atom stereocenters. The molecule has 88 valence electrons. The van der Waals surface area contributed by atoms with Gasteiger partial charge in [0.15, 0.2) is 0 Å². The molecule has 2 N–H and O–H groups in total. The van der Waals surface area contributed by atoms with E-state index in [-0.39, 0.29) is 12.5 Å². The fourth-order valence-electron chi connectivity index (χ4n) is 1.45. The summed E-state index contributed by atoms with van der Waals surface area (Å²) in [6, 6.07) is 7.83. The van der Waals surface area contributed by atoms with E-state index in [1.165, 1.54) is 0 Å². The third kappa shape index (κ3) is 3.81. The van der Waals surface area contributed by atoms with Crippen molar-refractivity contribution in [2.24, 2.45) is 0 Å². The fraction of sp³-hybridized carbons (Fsp3) is 0.417. The molecule has 0 fully saturated rings. The fourth-order valence-corrected chi connectivity index (χ4v) is 1.45. The SMILES string of the molecule is CC(CC(=O)O)Nc1ccc(N(C)C)cc1. The molecule has 0 bridgehead atoms. The molecule has 0 saturated heterocycles. The molecule has 0 aromatic heterocycles. The first-order valence-electron chi connectivity index (χ1n) is 5.24. The summed E-state index contributed by atoms with van der Waals surface area (Å²) in [7, 11) is 3.96. The Balaban J connectivity index is 2.58. The van der Waals surface area contributed by atoms with Gasteiger partial charge in [0, 0.05) is 31.5 Å². The lowest BCUT2D eigenvalue weighted by molar-refractivity contribution is -0.137. The monoisotopic (exact) mass is 222 g/mol. The maximum absolute atomic E-state index is 10.5. The van der Waals surface area contributed by atoms with Gasteiger partial charge in [-0.25, -0.2) is 0 Å². The van der Waals surface area contributed by atoms with E-state index in [4.69, 9.17) is 5.11 Å². The van der Waals surface area contributed by atoms with E-state index in [0.717, 1.165) is 11.4 Å². The number of aliphatic carboxylic acids is 1. The van der Waals surface area contributed by atoms with Gasteiger partial charge in [-0.1, -0.05) is 0 Å². The molecule has 0 saturated carbocycles. The number of nitrogens with one attached hydrogen (secondary N) is 1. The molecule has 0 heterocycles. The van der Waals surface area contributed by atoms with E-state index in [2.05, 4.69) is 5.32 Å². The Bertz CT molecular complexity index is 347. The molecule has 1 rings (SSSR count). The van der Waals surface area contributed by atoms with Gasteiger partial charge < -0.3 is 15.3 Å². The van der Waals surface area contributed by atoms with Crippen molar-refractivity contribution in [3.05, 3.63) is 24.3 Å². The third-order valence-electron chi connectivity index (χ3n) is 2.28. The van der Waals surface area contributed by atoms with E-state index in [1.807, 2.05) is 50.2 Å². The lowest BCUT2D eigenvalue weighted by Crippen LogP contribution is -2.19. The lowest BCUT2D eigenvalue weighted by atomic mass is 10.2. The topological polar surface area (TPSA) is 52.6 Å². The minimum Gasteiger partial charge on any atom is -0.481 e. The zero-order valence-electron chi connectivity index (χ0n) is 9.90. The molecule has 0 aliphatic carbocycles. The van der Waals surface area contributed by atoms with Crippen molar-refractivity contribution in [3.63, 3.8) is 0 Å². The van der Waals surface area contributed by atoms with Crippen LogP contribution in [-0.2, 0) is 4.79 Å². The molecule has 0 aliphatic heterocycles. The van der Waals surface area contributed by atoms with Gasteiger partial charge in [-0.15, -0.1) is 0 Å². The maximum atomic E-state index is 10.5. The van der Waals surface area contributed by atoms with E-state index >= 15 is 0 Å². The molecule has 4 heteroatoms. The van der Waals surface area contributed by atoms with Gasteiger partial charge in [0.25, 0.3) is 0 Å². The Kier molecular flexibility index (Phi) is 4.17. The lowest BCUT2D eigenvalue weighted by Gasteiger charge is -2.16. The van der Waals surface area contributed by atoms with Crippen molar-refractivity contribution in [3.8, 4) is 0 Å². The van der Waals surface area contributed by atoms with Crippen LogP contribution >= 0.6 is 0 Å². The molecule has 4 nitrogen and oxygen atoms in total. The number of hydrogen-bond acceptors (Lipinski definition) is 3. The number of rotatable bonds is 5. The van der Waals surface area contributed by atoms with Crippen LogP contribution in [0, 0.1) is 0 Å². The van der Waals surface area contributed by atoms with Gasteiger partial charge in [-0.3, -0.25) is 4.79 Å². The van der Waals surface area contributed by atoms with Gasteiger partial charge in [0.1, 0.15) is 0 Å². The number of carboxylic acids is 1. The number of hydrogen-bond donors (Lipinski definition) is 2. The van der Waals surface area contributed by atoms with Crippen LogP contribution in [0.1, 0.15) is 13.3 Å². The van der Waals surface area contributed by atoms with Gasteiger partial charge in [-0.2, -0.15) is 0 Å². The number of anilines is 2. The Hall–Kier alpha value is -1.71. The predicted molar refractivity (Wildman–Crippen MR) is 66.1 cm³/mol. The number of carboxylic acid groups (broad SMARTS) is 1. The van der Waals surface area contributed by atoms with E-state index in [0.29, 0.717) is 0 Å². The summed E-state index contributed by atoms with van der Waals surface area (Å²) in [5.41, 5.74) is 2.07. The van der Waals surface area contributed by atoms with E-state index in [1.54, 1.807) is 0 Å². The standard InChI is InChI=1S/C12H18N2O2/c1-9(8-12(15)16)13-10-4-6-11(7-5-10)14(2)3/h4-7,9,13H,8H2,1-3H3,(H,15,16). The van der Waals surface area contributed by atoms with Crippen molar-refractivity contribution in [1.29, 1.82) is 0 Å². The van der Waals surface area contributed by atoms with Crippen molar-refractivity contribution in [1.82, 2.24) is 0 Å². The molecular weight excluding hydrogens is 204 g/mol. The van der Waals surface area contributed by atoms with Crippen LogP contribution in [0.25, 0.3) is 0 Å². The van der Waals surface area contributed by atoms with Gasteiger partial charge in [0.2, 0.25) is 0 Å². The second-order valence-electron chi connectivity index (χ2n) is 4.08. The molecule has 16 heavy (non-hydrogen) atoms. The van der Waals surface area contributed by atoms with Crippen LogP contribution in [0.3, 0.4) is 0 Å². The first-order chi connectivity index (χ1) is 7.49. The Morgan fingerprint density at radius 2 is 1.94 bits per heavy atom. The summed E-state index contributed by atoms with van der Waals surface area (Å²) in [5.74, 6) is -0.787. The zero-order valence-corrected chi connectivity index (χ0v) is 9.90. The third-order valence-corrected chi connectivity index (χ3v) is 2.28. The molecule has 0 amide bonds. The van der Waals surface area contributed by atoms with Crippen LogP contribution in [0.2, 0.25) is 0 Å². The minimum absolute atomic E-state index is 0.0669. The smallest absolute Gasteiger partial charge is 0.305 e. The van der Waals surface area contributed by atoms with Crippen LogP contribution in [0.15, 0.2) is 24.3 Å². The first-order valence-corrected chi connectivity index (χ1v) is 5.24. The van der Waals surface area contributed by atoms with Crippen LogP contribution in [-0.4, -0.2) is 31.2 Å². The van der Waals surface area contributed by atoms with Crippen molar-refractivity contribution in [2.45, 2.75) is 19.4 Å². The summed E-state index contributed by atoms with van der Waals surface area (Å²) in [6.45, 7) is 1.86. The van der Waals surface area contributed by atoms with Gasteiger partial charge in [-0.05, 0) is 31.2 Å². The largest absolute Gasteiger partial charge is 0.481 e. The summed E-state index contributed by atoms with van der Waals surface area (Å²) in [5, 5.41) is 11.8. The van der Waals surface area contributed by atoms with E-state index < -0.39 is 5.97 Å². The average Bonchev–Trinajstić information content (AvgIpc) is 2.16. The Labute approximate surface area is 95.9 Å². The highest BCUT2D eigenvalue weighted by Crippen LogP contribution is 2.16. The molecular formula is C12H18N2O2. The van der Waals surface area contributed by atoms with Gasteiger partial charge >= 0.3 is 5.97 Å². The van der Waals surface area contributed by atoms with Crippen LogP contribution < -0.4 is 10.2 Å². The van der Waals surface area contributed by atoms with Crippen molar-refractivity contribution < 1.29 is 9.90 Å². The van der Waals surface area contributed by atoms with Gasteiger partial charge in [0.05, 0.1) is 6.42 Å². The van der Waals surface area contributed by atoms with Crippen LogP contribution in [0.4, 0.5) is 11.4 Å². The second-order valence-corrected chi connectivity index (χ2v) is 4.08. The molecule has 1 aromatic carbocycles. The second kappa shape index (κ2) is 5.39. The minimum atomic E-state index is -0.787. The highest BCUT2D eigenvalue weighted by Gasteiger charge is 2.06. The number of carbonyl (C=O) groups is 1. The molecule has 0 radical (unpaired) electrons. The van der Waals surface area contributed by atoms with Crippen LogP contribution in [0.5, 0.6) is 0 Å². The molecule has 0 aliphatic rings. The summed E-state index contributed by atoms with van der Waals surface area (Å²) >= 11 is 0. The maximum Gasteiger partial charge on any atom is 0.305 e. The quantitative estimate of drug-likeness (QED) is 0.800. The Morgan fingerprint density at radius 1 is 1.38 bits per heavy atom. The number of nitrogens with zero attached hydrogens (tertiary/aromatic N) is 1. The Morgan fingerprint density at radius 3 is 2.38 bits per heavy atom. The predicted octanol–water partition coefficient (Wildman–Crippen LogP) is 2.03. The highest BCUT2D eigenvalue weighted by atomic mass is 16.4. The van der Waals surface area contributed by atoms with Crippen molar-refractivity contribution >= 4 is 17.3 Å². The highest BCUT2D eigenvalue weighted by molar-refractivity contribution is 5.68. The summed E-state index contributed by atoms with van der Waals surface area (Å²) in [4.78, 5) is 12.5. The molecule has 0 spiro atoms. The normalized spacial score (nSPS) is 11.9. The van der Waals surface area contributed by atoms with E-state index in [9.17, 15) is 4.79 Å². The average molecular weight is 222 g/mol. The molecule has 1 atom stereocenters. The molecule has 1 aromatic rings. The zero-order chi connectivity index (χ0) is 12.1.